The molecule has 0 radical (unpaired) electrons. The summed E-state index contributed by atoms with van der Waals surface area (Å²) >= 11 is 0. The van der Waals surface area contributed by atoms with Gasteiger partial charge in [0.1, 0.15) is 11.3 Å². The number of amides is 1. The lowest BCUT2D eigenvalue weighted by Gasteiger charge is -2.25. The van der Waals surface area contributed by atoms with E-state index in [2.05, 4.69) is 24.9 Å². The molecule has 3 aromatic rings. The minimum atomic E-state index is -0.995. The van der Waals surface area contributed by atoms with Crippen LogP contribution < -0.4 is 4.90 Å². The number of carboxylic acids is 1. The summed E-state index contributed by atoms with van der Waals surface area (Å²) in [5.41, 5.74) is 2.49. The lowest BCUT2D eigenvalue weighted by molar-refractivity contribution is 0.0578. The van der Waals surface area contributed by atoms with E-state index < -0.39 is 11.6 Å². The predicted octanol–water partition coefficient (Wildman–Crippen LogP) is 5.65. The Morgan fingerprint density at radius 3 is 2.32 bits per heavy atom. The number of nitrogens with zero attached hydrogens (tertiary/aromatic N) is 2. The van der Waals surface area contributed by atoms with E-state index in [9.17, 15) is 9.59 Å². The average molecular weight is 421 g/mol. The molecule has 4 rings (SSSR count). The predicted molar refractivity (Wildman–Crippen MR) is 122 cm³/mol. The largest absolute Gasteiger partial charge is 0.477 e. The van der Waals surface area contributed by atoms with E-state index in [1.807, 2.05) is 57.2 Å². The van der Waals surface area contributed by atoms with Crippen molar-refractivity contribution in [2.75, 3.05) is 11.4 Å². The molecule has 0 saturated heterocycles. The number of carbonyl (C=O) groups is 2. The monoisotopic (exact) mass is 420 g/mol. The van der Waals surface area contributed by atoms with E-state index in [-0.39, 0.29) is 17.2 Å². The Balaban J connectivity index is 0.000000185. The third-order valence-corrected chi connectivity index (χ3v) is 4.91. The molecule has 0 saturated carbocycles. The summed E-state index contributed by atoms with van der Waals surface area (Å²) in [7, 11) is 0. The number of carboxylic acid groups (broad SMARTS) is 1. The summed E-state index contributed by atoms with van der Waals surface area (Å²) in [6.07, 6.45) is -0.263. The Hall–Kier alpha value is -3.41. The molecule has 1 aliphatic rings. The molecule has 0 unspecified atom stereocenters. The molecule has 0 aliphatic carbocycles. The third kappa shape index (κ3) is 5.20. The molecular formula is C25H28N2O4. The standard InChI is InChI=1S/C15H21NO2.C10H7NO2/c1-14(2,3)18-13(17)16-10-15(4,5)11-8-6-7-9-12(11)16;12-10(13)9-6-5-7-3-1-2-4-8(7)11-9/h6-9H,10H2,1-5H3;1-6H,(H,12,13). The summed E-state index contributed by atoms with van der Waals surface area (Å²) in [5, 5.41) is 9.63. The van der Waals surface area contributed by atoms with Gasteiger partial charge in [-0.15, -0.1) is 0 Å². The Morgan fingerprint density at radius 2 is 1.65 bits per heavy atom. The molecule has 162 valence electrons. The van der Waals surface area contributed by atoms with Crippen LogP contribution in [0, 0.1) is 0 Å². The Morgan fingerprint density at radius 1 is 1.00 bits per heavy atom. The van der Waals surface area contributed by atoms with Crippen molar-refractivity contribution in [1.82, 2.24) is 4.98 Å². The normalized spacial score (nSPS) is 14.4. The maximum atomic E-state index is 12.2. The average Bonchev–Trinajstić information content (AvgIpc) is 2.98. The summed E-state index contributed by atoms with van der Waals surface area (Å²) in [5.74, 6) is -0.995. The minimum absolute atomic E-state index is 0.0203. The molecular weight excluding hydrogens is 392 g/mol. The van der Waals surface area contributed by atoms with Gasteiger partial charge in [-0.25, -0.2) is 14.6 Å². The van der Waals surface area contributed by atoms with Crippen LogP contribution in [0.3, 0.4) is 0 Å². The van der Waals surface area contributed by atoms with Gasteiger partial charge in [-0.1, -0.05) is 56.3 Å². The maximum Gasteiger partial charge on any atom is 0.414 e. The molecule has 6 nitrogen and oxygen atoms in total. The van der Waals surface area contributed by atoms with E-state index in [1.54, 1.807) is 17.0 Å². The number of fused-ring (bicyclic) bond motifs is 2. The van der Waals surface area contributed by atoms with Crippen LogP contribution in [-0.2, 0) is 10.2 Å². The van der Waals surface area contributed by atoms with Crippen molar-refractivity contribution in [1.29, 1.82) is 0 Å². The van der Waals surface area contributed by atoms with Gasteiger partial charge in [0.2, 0.25) is 0 Å². The van der Waals surface area contributed by atoms with E-state index in [0.29, 0.717) is 12.1 Å². The van der Waals surface area contributed by atoms with Crippen LogP contribution in [0.25, 0.3) is 10.9 Å². The highest BCUT2D eigenvalue weighted by molar-refractivity contribution is 5.91. The highest BCUT2D eigenvalue weighted by Gasteiger charge is 2.39. The van der Waals surface area contributed by atoms with Crippen LogP contribution in [0.1, 0.15) is 50.7 Å². The summed E-state index contributed by atoms with van der Waals surface area (Å²) in [6.45, 7) is 10.6. The number of hydrogen-bond acceptors (Lipinski definition) is 4. The van der Waals surface area contributed by atoms with Crippen molar-refractivity contribution in [2.24, 2.45) is 0 Å². The number of carbonyl (C=O) groups excluding carboxylic acids is 1. The Labute approximate surface area is 182 Å². The van der Waals surface area contributed by atoms with Gasteiger partial charge in [0.25, 0.3) is 0 Å². The highest BCUT2D eigenvalue weighted by atomic mass is 16.6. The highest BCUT2D eigenvalue weighted by Crippen LogP contribution is 2.40. The fourth-order valence-corrected chi connectivity index (χ4v) is 3.51. The number of ether oxygens (including phenoxy) is 1. The van der Waals surface area contributed by atoms with Crippen LogP contribution in [-0.4, -0.2) is 34.3 Å². The third-order valence-electron chi connectivity index (χ3n) is 4.91. The van der Waals surface area contributed by atoms with E-state index >= 15 is 0 Å². The second kappa shape index (κ2) is 8.38. The number of aromatic carboxylic acids is 1. The Bertz CT molecular complexity index is 1120. The molecule has 2 aromatic carbocycles. The lowest BCUT2D eigenvalue weighted by Crippen LogP contribution is -2.38. The lowest BCUT2D eigenvalue weighted by atomic mass is 9.87. The fraction of sp³-hybridized carbons (Fsp3) is 0.320. The molecule has 1 amide bonds. The van der Waals surface area contributed by atoms with Gasteiger partial charge in [-0.05, 0) is 44.5 Å². The van der Waals surface area contributed by atoms with Crippen LogP contribution in [0.5, 0.6) is 0 Å². The molecule has 6 heteroatoms. The van der Waals surface area contributed by atoms with Crippen LogP contribution >= 0.6 is 0 Å². The van der Waals surface area contributed by atoms with E-state index in [1.165, 1.54) is 11.6 Å². The zero-order valence-electron chi connectivity index (χ0n) is 18.5. The first kappa shape index (κ1) is 22.3. The minimum Gasteiger partial charge on any atom is -0.477 e. The molecule has 31 heavy (non-hydrogen) atoms. The van der Waals surface area contributed by atoms with Gasteiger partial charge < -0.3 is 9.84 Å². The van der Waals surface area contributed by atoms with Gasteiger partial charge in [0, 0.05) is 17.3 Å². The zero-order valence-corrected chi connectivity index (χ0v) is 18.5. The first-order chi connectivity index (χ1) is 14.5. The molecule has 0 atom stereocenters. The summed E-state index contributed by atoms with van der Waals surface area (Å²) < 4.78 is 5.46. The number of benzene rings is 2. The number of rotatable bonds is 1. The van der Waals surface area contributed by atoms with Crippen LogP contribution in [0.4, 0.5) is 10.5 Å². The topological polar surface area (TPSA) is 79.7 Å². The van der Waals surface area contributed by atoms with Gasteiger partial charge in [-0.3, -0.25) is 4.90 Å². The molecule has 1 aliphatic heterocycles. The molecule has 2 heterocycles. The van der Waals surface area contributed by atoms with Gasteiger partial charge in [0.05, 0.1) is 11.2 Å². The first-order valence-corrected chi connectivity index (χ1v) is 10.2. The van der Waals surface area contributed by atoms with Crippen molar-refractivity contribution in [2.45, 2.75) is 45.6 Å². The SMILES string of the molecule is CC(C)(C)OC(=O)N1CC(C)(C)c2ccccc21.O=C(O)c1ccc2ccccc2n1. The molecule has 0 spiro atoms. The number of anilines is 1. The maximum absolute atomic E-state index is 12.2. The first-order valence-electron chi connectivity index (χ1n) is 10.2. The Kier molecular flexibility index (Phi) is 6.02. The number of pyridine rings is 1. The van der Waals surface area contributed by atoms with Gasteiger partial charge >= 0.3 is 12.1 Å². The van der Waals surface area contributed by atoms with Crippen molar-refractivity contribution in [3.63, 3.8) is 0 Å². The molecule has 1 N–H and O–H groups in total. The second-order valence-electron chi connectivity index (χ2n) is 9.16. The van der Waals surface area contributed by atoms with E-state index in [4.69, 9.17) is 9.84 Å². The quantitative estimate of drug-likeness (QED) is 0.550. The van der Waals surface area contributed by atoms with Gasteiger partial charge in [-0.2, -0.15) is 0 Å². The molecule has 0 bridgehead atoms. The molecule has 0 fully saturated rings. The molecule has 1 aromatic heterocycles. The number of aromatic nitrogens is 1. The summed E-state index contributed by atoms with van der Waals surface area (Å²) in [6, 6.07) is 18.7. The zero-order chi connectivity index (χ0) is 22.8. The summed E-state index contributed by atoms with van der Waals surface area (Å²) in [4.78, 5) is 28.5. The number of hydrogen-bond donors (Lipinski definition) is 1. The van der Waals surface area contributed by atoms with Crippen LogP contribution in [0.15, 0.2) is 60.7 Å². The van der Waals surface area contributed by atoms with E-state index in [0.717, 1.165) is 11.1 Å². The van der Waals surface area contributed by atoms with Crippen molar-refractivity contribution >= 4 is 28.7 Å². The van der Waals surface area contributed by atoms with Gasteiger partial charge in [0.15, 0.2) is 0 Å². The smallest absolute Gasteiger partial charge is 0.414 e. The van der Waals surface area contributed by atoms with Crippen molar-refractivity contribution in [3.05, 3.63) is 71.9 Å². The van der Waals surface area contributed by atoms with Crippen LogP contribution in [0.2, 0.25) is 0 Å². The second-order valence-corrected chi connectivity index (χ2v) is 9.16. The van der Waals surface area contributed by atoms with Crippen molar-refractivity contribution in [3.8, 4) is 0 Å². The fourth-order valence-electron chi connectivity index (χ4n) is 3.51. The van der Waals surface area contributed by atoms with Crippen molar-refractivity contribution < 1.29 is 19.4 Å². The number of para-hydroxylation sites is 2.